The van der Waals surface area contributed by atoms with Gasteiger partial charge < -0.3 is 10.2 Å². The molecule has 0 atom stereocenters. The molecule has 2 amide bonds. The molecule has 1 aliphatic carbocycles. The molecule has 0 spiro atoms. The third-order valence-electron chi connectivity index (χ3n) is 6.13. The van der Waals surface area contributed by atoms with Gasteiger partial charge in [-0.2, -0.15) is 0 Å². The number of nitrogens with zero attached hydrogens (tertiary/aromatic N) is 2. The maximum Gasteiger partial charge on any atom is 0.226 e. The zero-order valence-corrected chi connectivity index (χ0v) is 16.4. The fourth-order valence-corrected chi connectivity index (χ4v) is 4.28. The summed E-state index contributed by atoms with van der Waals surface area (Å²) >= 11 is 0. The minimum atomic E-state index is -0.456. The van der Waals surface area contributed by atoms with Gasteiger partial charge in [-0.05, 0) is 54.9 Å². The van der Waals surface area contributed by atoms with Gasteiger partial charge in [0.15, 0.2) is 0 Å². The molecule has 1 aliphatic heterocycles. The molecule has 28 heavy (non-hydrogen) atoms. The fourth-order valence-electron chi connectivity index (χ4n) is 4.28. The van der Waals surface area contributed by atoms with Crippen LogP contribution < -0.4 is 5.32 Å². The SMILES string of the molecule is CNC(=O)C1(Cc2cccc(-c3cccnc3)c2)CCN(C(=O)C2CC2)CC1. The molecule has 1 N–H and O–H groups in total. The third kappa shape index (κ3) is 3.79. The van der Waals surface area contributed by atoms with Crippen molar-refractivity contribution >= 4 is 11.8 Å². The highest BCUT2D eigenvalue weighted by atomic mass is 16.2. The lowest BCUT2D eigenvalue weighted by molar-refractivity contribution is -0.141. The van der Waals surface area contributed by atoms with Gasteiger partial charge in [-0.15, -0.1) is 0 Å². The summed E-state index contributed by atoms with van der Waals surface area (Å²) in [7, 11) is 1.71. The van der Waals surface area contributed by atoms with E-state index >= 15 is 0 Å². The lowest BCUT2D eigenvalue weighted by Gasteiger charge is -2.40. The van der Waals surface area contributed by atoms with Crippen LogP contribution in [0.2, 0.25) is 0 Å². The van der Waals surface area contributed by atoms with E-state index in [-0.39, 0.29) is 17.7 Å². The summed E-state index contributed by atoms with van der Waals surface area (Å²) in [4.78, 5) is 31.4. The molecule has 1 saturated carbocycles. The number of amides is 2. The molecule has 2 aromatic rings. The highest BCUT2D eigenvalue weighted by Gasteiger charge is 2.43. The van der Waals surface area contributed by atoms with Gasteiger partial charge in [0.05, 0.1) is 5.41 Å². The predicted octanol–water partition coefficient (Wildman–Crippen LogP) is 3.06. The maximum absolute atomic E-state index is 12.8. The van der Waals surface area contributed by atoms with Crippen LogP contribution in [0.5, 0.6) is 0 Å². The van der Waals surface area contributed by atoms with Crippen molar-refractivity contribution < 1.29 is 9.59 Å². The van der Waals surface area contributed by atoms with Gasteiger partial charge in [0.2, 0.25) is 11.8 Å². The van der Waals surface area contributed by atoms with E-state index in [1.807, 2.05) is 29.3 Å². The van der Waals surface area contributed by atoms with Crippen LogP contribution in [0, 0.1) is 11.3 Å². The molecule has 5 nitrogen and oxygen atoms in total. The molecule has 0 bridgehead atoms. The summed E-state index contributed by atoms with van der Waals surface area (Å²) in [5, 5.41) is 2.87. The van der Waals surface area contributed by atoms with Crippen LogP contribution in [0.15, 0.2) is 48.8 Å². The Balaban J connectivity index is 1.53. The van der Waals surface area contributed by atoms with Crippen molar-refractivity contribution in [3.05, 3.63) is 54.4 Å². The number of nitrogens with one attached hydrogen (secondary N) is 1. The molecular formula is C23H27N3O2. The second-order valence-corrected chi connectivity index (χ2v) is 8.08. The second-order valence-electron chi connectivity index (χ2n) is 8.08. The monoisotopic (exact) mass is 377 g/mol. The van der Waals surface area contributed by atoms with Crippen LogP contribution in [0.25, 0.3) is 11.1 Å². The Hall–Kier alpha value is -2.69. The highest BCUT2D eigenvalue weighted by Crippen LogP contribution is 2.38. The Morgan fingerprint density at radius 2 is 1.89 bits per heavy atom. The van der Waals surface area contributed by atoms with Crippen molar-refractivity contribution in [2.24, 2.45) is 11.3 Å². The smallest absolute Gasteiger partial charge is 0.226 e. The Bertz CT molecular complexity index is 853. The molecule has 2 aliphatic rings. The number of carbonyl (C=O) groups excluding carboxylic acids is 2. The number of piperidine rings is 1. The van der Waals surface area contributed by atoms with Gasteiger partial charge in [0, 0.05) is 38.4 Å². The van der Waals surface area contributed by atoms with Gasteiger partial charge in [-0.1, -0.05) is 30.3 Å². The number of pyridine rings is 1. The molecule has 0 radical (unpaired) electrons. The summed E-state index contributed by atoms with van der Waals surface area (Å²) in [6.07, 6.45) is 7.78. The Morgan fingerprint density at radius 3 is 2.54 bits per heavy atom. The lowest BCUT2D eigenvalue weighted by Crippen LogP contribution is -2.51. The van der Waals surface area contributed by atoms with Crippen LogP contribution in [-0.4, -0.2) is 41.8 Å². The van der Waals surface area contributed by atoms with Crippen LogP contribution in [-0.2, 0) is 16.0 Å². The molecular weight excluding hydrogens is 350 g/mol. The van der Waals surface area contributed by atoms with Gasteiger partial charge in [0.1, 0.15) is 0 Å². The second kappa shape index (κ2) is 7.74. The largest absolute Gasteiger partial charge is 0.359 e. The fraction of sp³-hybridized carbons (Fsp3) is 0.435. The molecule has 0 unspecified atom stereocenters. The average Bonchev–Trinajstić information content (AvgIpc) is 3.59. The van der Waals surface area contributed by atoms with E-state index in [0.717, 1.165) is 29.5 Å². The van der Waals surface area contributed by atoms with E-state index < -0.39 is 5.41 Å². The van der Waals surface area contributed by atoms with Gasteiger partial charge in [-0.25, -0.2) is 0 Å². The summed E-state index contributed by atoms with van der Waals surface area (Å²) in [5.74, 6) is 0.602. The first-order valence-electron chi connectivity index (χ1n) is 10.1. The highest BCUT2D eigenvalue weighted by molar-refractivity contribution is 5.84. The first kappa shape index (κ1) is 18.7. The van der Waals surface area contributed by atoms with E-state index in [0.29, 0.717) is 32.4 Å². The summed E-state index contributed by atoms with van der Waals surface area (Å²) in [5.41, 5.74) is 2.87. The van der Waals surface area contributed by atoms with Crippen molar-refractivity contribution in [3.63, 3.8) is 0 Å². The Kier molecular flexibility index (Phi) is 5.16. The van der Waals surface area contributed by atoms with Crippen molar-refractivity contribution in [2.45, 2.75) is 32.1 Å². The van der Waals surface area contributed by atoms with E-state index in [9.17, 15) is 9.59 Å². The number of carbonyl (C=O) groups is 2. The summed E-state index contributed by atoms with van der Waals surface area (Å²) in [6.45, 7) is 1.34. The van der Waals surface area contributed by atoms with E-state index in [1.54, 1.807) is 13.2 Å². The number of benzene rings is 1. The van der Waals surface area contributed by atoms with Gasteiger partial charge in [-0.3, -0.25) is 14.6 Å². The molecule has 146 valence electrons. The lowest BCUT2D eigenvalue weighted by atomic mass is 9.72. The number of aromatic nitrogens is 1. The number of rotatable bonds is 5. The van der Waals surface area contributed by atoms with E-state index in [2.05, 4.69) is 28.5 Å². The van der Waals surface area contributed by atoms with Gasteiger partial charge >= 0.3 is 0 Å². The predicted molar refractivity (Wildman–Crippen MR) is 108 cm³/mol. The van der Waals surface area contributed by atoms with E-state index in [1.165, 1.54) is 0 Å². The summed E-state index contributed by atoms with van der Waals surface area (Å²) in [6, 6.07) is 12.3. The topological polar surface area (TPSA) is 62.3 Å². The first-order chi connectivity index (χ1) is 13.6. The average molecular weight is 377 g/mol. The molecule has 2 heterocycles. The molecule has 1 aromatic carbocycles. The van der Waals surface area contributed by atoms with Gasteiger partial charge in [0.25, 0.3) is 0 Å². The van der Waals surface area contributed by atoms with Crippen molar-refractivity contribution in [2.75, 3.05) is 20.1 Å². The Morgan fingerprint density at radius 1 is 1.14 bits per heavy atom. The van der Waals surface area contributed by atoms with Crippen LogP contribution in [0.3, 0.4) is 0 Å². The van der Waals surface area contributed by atoms with Crippen LogP contribution in [0.1, 0.15) is 31.2 Å². The van der Waals surface area contributed by atoms with Crippen LogP contribution in [0.4, 0.5) is 0 Å². The number of hydrogen-bond donors (Lipinski definition) is 1. The van der Waals surface area contributed by atoms with Crippen LogP contribution >= 0.6 is 0 Å². The summed E-state index contributed by atoms with van der Waals surface area (Å²) < 4.78 is 0. The number of likely N-dealkylation sites (tertiary alicyclic amines) is 1. The van der Waals surface area contributed by atoms with Crippen molar-refractivity contribution in [3.8, 4) is 11.1 Å². The zero-order valence-electron chi connectivity index (χ0n) is 16.4. The zero-order chi connectivity index (χ0) is 19.6. The minimum absolute atomic E-state index is 0.0813. The quantitative estimate of drug-likeness (QED) is 0.871. The van der Waals surface area contributed by atoms with Crippen molar-refractivity contribution in [1.82, 2.24) is 15.2 Å². The normalized spacial score (nSPS) is 18.5. The third-order valence-corrected chi connectivity index (χ3v) is 6.13. The van der Waals surface area contributed by atoms with E-state index in [4.69, 9.17) is 0 Å². The molecule has 4 rings (SSSR count). The Labute approximate surface area is 166 Å². The maximum atomic E-state index is 12.8. The molecule has 1 saturated heterocycles. The molecule has 1 aromatic heterocycles. The van der Waals surface area contributed by atoms with Crippen molar-refractivity contribution in [1.29, 1.82) is 0 Å². The minimum Gasteiger partial charge on any atom is -0.359 e. The standard InChI is InChI=1S/C23H27N3O2/c1-24-22(28)23(9-12-26(13-10-23)21(27)18-7-8-18)15-17-4-2-5-19(14-17)20-6-3-11-25-16-20/h2-6,11,14,16,18H,7-10,12-13,15H2,1H3,(H,24,28). The molecule has 5 heteroatoms. The first-order valence-corrected chi connectivity index (χ1v) is 10.1. The molecule has 2 fully saturated rings. The number of hydrogen-bond acceptors (Lipinski definition) is 3.